The van der Waals surface area contributed by atoms with Crippen molar-refractivity contribution in [2.75, 3.05) is 37.4 Å². The van der Waals surface area contributed by atoms with Gasteiger partial charge >= 0.3 is 0 Å². The summed E-state index contributed by atoms with van der Waals surface area (Å²) in [5.74, 6) is 2.89. The Hall–Kier alpha value is -3.54. The summed E-state index contributed by atoms with van der Waals surface area (Å²) in [6.45, 7) is 5.43. The molecule has 3 rings (SSSR count). The number of aromatic nitrogens is 2. The third-order valence-electron chi connectivity index (χ3n) is 3.94. The van der Waals surface area contributed by atoms with E-state index in [4.69, 9.17) is 9.47 Å². The van der Waals surface area contributed by atoms with Crippen LogP contribution in [0.25, 0.3) is 11.3 Å². The Morgan fingerprint density at radius 2 is 1.71 bits per heavy atom. The number of nitrogens with one attached hydrogen (secondary N) is 2. The van der Waals surface area contributed by atoms with Crippen LogP contribution in [0.3, 0.4) is 0 Å². The number of hydrogen-bond acceptors (Lipinski definition) is 6. The Labute approximate surface area is 165 Å². The highest BCUT2D eigenvalue weighted by Gasteiger charge is 2.06. The molecule has 3 aromatic rings. The van der Waals surface area contributed by atoms with Crippen molar-refractivity contribution in [3.63, 3.8) is 0 Å². The molecule has 0 atom stereocenters. The molecular formula is C22H24N4O2. The van der Waals surface area contributed by atoms with Crippen LogP contribution in [0.1, 0.15) is 0 Å². The lowest BCUT2D eigenvalue weighted by Crippen LogP contribution is -2.14. The molecule has 0 aliphatic heterocycles. The van der Waals surface area contributed by atoms with Crippen molar-refractivity contribution >= 4 is 11.8 Å². The molecule has 6 nitrogen and oxygen atoms in total. The van der Waals surface area contributed by atoms with E-state index in [1.807, 2.05) is 60.7 Å². The van der Waals surface area contributed by atoms with E-state index in [-0.39, 0.29) is 0 Å². The lowest BCUT2D eigenvalue weighted by Gasteiger charge is -2.12. The minimum absolute atomic E-state index is 0.506. The van der Waals surface area contributed by atoms with Gasteiger partial charge in [-0.25, -0.2) is 4.98 Å². The van der Waals surface area contributed by atoms with Crippen molar-refractivity contribution in [2.24, 2.45) is 0 Å². The SMILES string of the molecule is C=CCNc1nc(NCCOc2ccc(OC)cc2)cc(-c2ccccc2)n1. The second-order valence-corrected chi connectivity index (χ2v) is 5.95. The van der Waals surface area contributed by atoms with E-state index in [9.17, 15) is 0 Å². The fourth-order valence-corrected chi connectivity index (χ4v) is 2.56. The van der Waals surface area contributed by atoms with Crippen molar-refractivity contribution in [3.05, 3.63) is 73.3 Å². The summed E-state index contributed by atoms with van der Waals surface area (Å²) in [6.07, 6.45) is 1.77. The molecule has 0 radical (unpaired) electrons. The molecule has 1 aromatic heterocycles. The summed E-state index contributed by atoms with van der Waals surface area (Å²) in [5.41, 5.74) is 1.88. The van der Waals surface area contributed by atoms with Crippen LogP contribution >= 0.6 is 0 Å². The molecule has 6 heteroatoms. The number of ether oxygens (including phenoxy) is 2. The zero-order valence-corrected chi connectivity index (χ0v) is 15.9. The molecule has 0 bridgehead atoms. The molecule has 0 saturated heterocycles. The highest BCUT2D eigenvalue weighted by atomic mass is 16.5. The Morgan fingerprint density at radius 3 is 2.43 bits per heavy atom. The third kappa shape index (κ3) is 5.48. The van der Waals surface area contributed by atoms with Crippen LogP contribution in [-0.2, 0) is 0 Å². The van der Waals surface area contributed by atoms with Crippen molar-refractivity contribution in [1.29, 1.82) is 0 Å². The first-order valence-corrected chi connectivity index (χ1v) is 9.08. The van der Waals surface area contributed by atoms with Crippen molar-refractivity contribution < 1.29 is 9.47 Å². The minimum Gasteiger partial charge on any atom is -0.497 e. The summed E-state index contributed by atoms with van der Waals surface area (Å²) in [5, 5.41) is 6.45. The Bertz CT molecular complexity index is 883. The summed E-state index contributed by atoms with van der Waals surface area (Å²) in [6, 6.07) is 19.5. The Kier molecular flexibility index (Phi) is 6.84. The zero-order valence-electron chi connectivity index (χ0n) is 15.9. The highest BCUT2D eigenvalue weighted by molar-refractivity contribution is 5.64. The van der Waals surface area contributed by atoms with Gasteiger partial charge in [0.25, 0.3) is 0 Å². The molecular weight excluding hydrogens is 352 g/mol. The third-order valence-corrected chi connectivity index (χ3v) is 3.94. The van der Waals surface area contributed by atoms with Crippen LogP contribution in [0, 0.1) is 0 Å². The second-order valence-electron chi connectivity index (χ2n) is 5.95. The predicted molar refractivity (Wildman–Crippen MR) is 113 cm³/mol. The molecule has 28 heavy (non-hydrogen) atoms. The lowest BCUT2D eigenvalue weighted by atomic mass is 10.1. The fourth-order valence-electron chi connectivity index (χ4n) is 2.56. The molecule has 2 N–H and O–H groups in total. The van der Waals surface area contributed by atoms with Gasteiger partial charge < -0.3 is 20.1 Å². The van der Waals surface area contributed by atoms with Crippen LogP contribution in [0.2, 0.25) is 0 Å². The van der Waals surface area contributed by atoms with E-state index in [0.29, 0.717) is 25.6 Å². The number of hydrogen-bond donors (Lipinski definition) is 2. The maximum Gasteiger partial charge on any atom is 0.225 e. The summed E-state index contributed by atoms with van der Waals surface area (Å²) < 4.78 is 10.9. The average Bonchev–Trinajstić information content (AvgIpc) is 2.76. The van der Waals surface area contributed by atoms with Crippen LogP contribution < -0.4 is 20.1 Å². The van der Waals surface area contributed by atoms with Crippen molar-refractivity contribution in [3.8, 4) is 22.8 Å². The van der Waals surface area contributed by atoms with Gasteiger partial charge in [0.05, 0.1) is 19.3 Å². The summed E-state index contributed by atoms with van der Waals surface area (Å²) in [4.78, 5) is 9.09. The molecule has 0 aliphatic carbocycles. The normalized spacial score (nSPS) is 10.2. The maximum absolute atomic E-state index is 5.75. The molecule has 144 valence electrons. The zero-order chi connectivity index (χ0) is 19.6. The quantitative estimate of drug-likeness (QED) is 0.407. The van der Waals surface area contributed by atoms with Crippen LogP contribution in [0.5, 0.6) is 11.5 Å². The standard InChI is InChI=1S/C22H24N4O2/c1-3-13-24-22-25-20(17-7-5-4-6-8-17)16-21(26-22)23-14-15-28-19-11-9-18(27-2)10-12-19/h3-12,16H,1,13-15H2,2H3,(H2,23,24,25,26). The number of methoxy groups -OCH3 is 1. The number of benzene rings is 2. The van der Waals surface area contributed by atoms with Gasteiger partial charge in [0.2, 0.25) is 5.95 Å². The van der Waals surface area contributed by atoms with Gasteiger partial charge in [0.1, 0.15) is 23.9 Å². The smallest absolute Gasteiger partial charge is 0.225 e. The monoisotopic (exact) mass is 376 g/mol. The molecule has 1 heterocycles. The van der Waals surface area contributed by atoms with Gasteiger partial charge in [-0.1, -0.05) is 36.4 Å². The summed E-state index contributed by atoms with van der Waals surface area (Å²) in [7, 11) is 1.64. The van der Waals surface area contributed by atoms with Gasteiger partial charge in [0.15, 0.2) is 0 Å². The fraction of sp³-hybridized carbons (Fsp3) is 0.182. The largest absolute Gasteiger partial charge is 0.497 e. The van der Waals surface area contributed by atoms with Gasteiger partial charge in [-0.05, 0) is 24.3 Å². The average molecular weight is 376 g/mol. The van der Waals surface area contributed by atoms with Crippen LogP contribution in [0.15, 0.2) is 73.3 Å². The molecule has 0 amide bonds. The van der Waals surface area contributed by atoms with E-state index in [1.54, 1.807) is 13.2 Å². The predicted octanol–water partition coefficient (Wildman–Crippen LogP) is 4.24. The summed E-state index contributed by atoms with van der Waals surface area (Å²) >= 11 is 0. The van der Waals surface area contributed by atoms with E-state index in [2.05, 4.69) is 27.2 Å². The molecule has 0 saturated carbocycles. The Balaban J connectivity index is 1.63. The highest BCUT2D eigenvalue weighted by Crippen LogP contribution is 2.21. The topological polar surface area (TPSA) is 68.3 Å². The first-order chi connectivity index (χ1) is 13.8. The van der Waals surface area contributed by atoms with E-state index < -0.39 is 0 Å². The van der Waals surface area contributed by atoms with Gasteiger partial charge in [0, 0.05) is 18.2 Å². The van der Waals surface area contributed by atoms with Gasteiger partial charge in [-0.2, -0.15) is 4.98 Å². The molecule has 0 unspecified atom stereocenters. The van der Waals surface area contributed by atoms with Crippen molar-refractivity contribution in [2.45, 2.75) is 0 Å². The van der Waals surface area contributed by atoms with Gasteiger partial charge in [-0.15, -0.1) is 6.58 Å². The number of nitrogens with zero attached hydrogens (tertiary/aromatic N) is 2. The van der Waals surface area contributed by atoms with E-state index in [1.165, 1.54) is 0 Å². The first kappa shape index (κ1) is 19.2. The molecule has 0 aliphatic rings. The van der Waals surface area contributed by atoms with Crippen molar-refractivity contribution in [1.82, 2.24) is 9.97 Å². The second kappa shape index (κ2) is 9.97. The minimum atomic E-state index is 0.506. The molecule has 2 aromatic carbocycles. The first-order valence-electron chi connectivity index (χ1n) is 9.08. The molecule has 0 spiro atoms. The lowest BCUT2D eigenvalue weighted by molar-refractivity contribution is 0.331. The van der Waals surface area contributed by atoms with E-state index in [0.717, 1.165) is 28.6 Å². The molecule has 0 fully saturated rings. The number of anilines is 2. The number of rotatable bonds is 10. The maximum atomic E-state index is 5.75. The Morgan fingerprint density at radius 1 is 0.964 bits per heavy atom. The van der Waals surface area contributed by atoms with Gasteiger partial charge in [-0.3, -0.25) is 0 Å². The van der Waals surface area contributed by atoms with Crippen LogP contribution in [0.4, 0.5) is 11.8 Å². The van der Waals surface area contributed by atoms with Crippen LogP contribution in [-0.4, -0.2) is 36.8 Å². The van der Waals surface area contributed by atoms with E-state index >= 15 is 0 Å².